The summed E-state index contributed by atoms with van der Waals surface area (Å²) in [5, 5.41) is 6.39. The van der Waals surface area contributed by atoms with Crippen LogP contribution in [-0.2, 0) is 0 Å². The standard InChI is InChI=1S/C17H9F2N3O2S/c18-10-6-11(19)15-14(7-10)25-17(20-15)21-16(23)12-8-13(24-22-12)9-4-2-1-3-5-9/h1-8H,(H,20,21,23). The highest BCUT2D eigenvalue weighted by molar-refractivity contribution is 7.22. The van der Waals surface area contributed by atoms with Crippen LogP contribution in [0.4, 0.5) is 13.9 Å². The quantitative estimate of drug-likeness (QED) is 0.587. The van der Waals surface area contributed by atoms with Crippen molar-refractivity contribution in [3.63, 3.8) is 0 Å². The molecule has 0 aliphatic heterocycles. The maximum Gasteiger partial charge on any atom is 0.279 e. The molecule has 0 aliphatic rings. The fourth-order valence-electron chi connectivity index (χ4n) is 2.29. The highest BCUT2D eigenvalue weighted by Gasteiger charge is 2.17. The van der Waals surface area contributed by atoms with Gasteiger partial charge in [0.2, 0.25) is 0 Å². The Balaban J connectivity index is 1.58. The van der Waals surface area contributed by atoms with Crippen molar-refractivity contribution in [2.24, 2.45) is 0 Å². The van der Waals surface area contributed by atoms with Crippen LogP contribution in [0.25, 0.3) is 21.5 Å². The van der Waals surface area contributed by atoms with E-state index >= 15 is 0 Å². The van der Waals surface area contributed by atoms with E-state index in [1.807, 2.05) is 30.3 Å². The molecule has 0 saturated heterocycles. The van der Waals surface area contributed by atoms with Gasteiger partial charge in [-0.3, -0.25) is 10.1 Å². The number of hydrogen-bond donors (Lipinski definition) is 1. The van der Waals surface area contributed by atoms with Crippen LogP contribution in [0.1, 0.15) is 10.5 Å². The first kappa shape index (κ1) is 15.4. The number of carbonyl (C=O) groups is 1. The predicted molar refractivity (Wildman–Crippen MR) is 89.4 cm³/mol. The zero-order chi connectivity index (χ0) is 17.4. The third kappa shape index (κ3) is 2.99. The summed E-state index contributed by atoms with van der Waals surface area (Å²) in [7, 11) is 0. The first-order valence-corrected chi connectivity index (χ1v) is 8.01. The molecule has 4 aromatic rings. The molecule has 2 heterocycles. The van der Waals surface area contributed by atoms with Crippen LogP contribution in [-0.4, -0.2) is 16.0 Å². The molecule has 5 nitrogen and oxygen atoms in total. The second-order valence-corrected chi connectivity index (χ2v) is 6.18. The summed E-state index contributed by atoms with van der Waals surface area (Å²) in [6.45, 7) is 0. The summed E-state index contributed by atoms with van der Waals surface area (Å²) in [5.74, 6) is -1.58. The van der Waals surface area contributed by atoms with Crippen molar-refractivity contribution >= 4 is 32.6 Å². The largest absolute Gasteiger partial charge is 0.355 e. The molecule has 1 amide bonds. The number of aromatic nitrogens is 2. The zero-order valence-electron chi connectivity index (χ0n) is 12.5. The molecule has 0 unspecified atom stereocenters. The molecule has 4 rings (SSSR count). The number of rotatable bonds is 3. The van der Waals surface area contributed by atoms with Crippen LogP contribution in [0.15, 0.2) is 53.1 Å². The molecule has 0 bridgehead atoms. The highest BCUT2D eigenvalue weighted by atomic mass is 32.1. The van der Waals surface area contributed by atoms with Gasteiger partial charge in [0, 0.05) is 17.7 Å². The minimum atomic E-state index is -0.778. The molecule has 25 heavy (non-hydrogen) atoms. The van der Waals surface area contributed by atoms with Gasteiger partial charge in [-0.05, 0) is 6.07 Å². The number of fused-ring (bicyclic) bond motifs is 1. The van der Waals surface area contributed by atoms with Crippen molar-refractivity contribution in [2.45, 2.75) is 0 Å². The molecule has 0 atom stereocenters. The summed E-state index contributed by atoms with van der Waals surface area (Å²) >= 11 is 0.970. The SMILES string of the molecule is O=C(Nc1nc2c(F)cc(F)cc2s1)c1cc(-c2ccccc2)on1. The van der Waals surface area contributed by atoms with Gasteiger partial charge in [-0.25, -0.2) is 13.8 Å². The van der Waals surface area contributed by atoms with E-state index in [9.17, 15) is 13.6 Å². The Morgan fingerprint density at radius 3 is 2.72 bits per heavy atom. The number of benzene rings is 2. The molecule has 1 N–H and O–H groups in total. The number of thiazole rings is 1. The van der Waals surface area contributed by atoms with Crippen molar-refractivity contribution in [1.82, 2.24) is 10.1 Å². The molecule has 8 heteroatoms. The summed E-state index contributed by atoms with van der Waals surface area (Å²) < 4.78 is 32.4. The summed E-state index contributed by atoms with van der Waals surface area (Å²) in [5.41, 5.74) is 0.850. The summed E-state index contributed by atoms with van der Waals surface area (Å²) in [6.07, 6.45) is 0. The minimum Gasteiger partial charge on any atom is -0.355 e. The van der Waals surface area contributed by atoms with Crippen LogP contribution in [0, 0.1) is 11.6 Å². The lowest BCUT2D eigenvalue weighted by Crippen LogP contribution is -2.11. The molecule has 124 valence electrons. The molecular formula is C17H9F2N3O2S. The smallest absolute Gasteiger partial charge is 0.279 e. The van der Waals surface area contributed by atoms with Crippen molar-refractivity contribution in [2.75, 3.05) is 5.32 Å². The van der Waals surface area contributed by atoms with Crippen LogP contribution < -0.4 is 5.32 Å². The maximum absolute atomic E-state index is 13.7. The molecule has 0 saturated carbocycles. The lowest BCUT2D eigenvalue weighted by molar-refractivity contribution is 0.101. The Morgan fingerprint density at radius 1 is 1.12 bits per heavy atom. The van der Waals surface area contributed by atoms with E-state index in [0.717, 1.165) is 29.0 Å². The first-order valence-electron chi connectivity index (χ1n) is 7.19. The van der Waals surface area contributed by atoms with Gasteiger partial charge in [0.15, 0.2) is 22.4 Å². The predicted octanol–water partition coefficient (Wildman–Crippen LogP) is 4.48. The molecule has 0 fully saturated rings. The van der Waals surface area contributed by atoms with Crippen LogP contribution in [0.5, 0.6) is 0 Å². The van der Waals surface area contributed by atoms with E-state index in [-0.39, 0.29) is 16.3 Å². The number of carbonyl (C=O) groups excluding carboxylic acids is 1. The van der Waals surface area contributed by atoms with Crippen molar-refractivity contribution in [1.29, 1.82) is 0 Å². The molecule has 2 aromatic heterocycles. The molecule has 0 spiro atoms. The first-order chi connectivity index (χ1) is 12.1. The molecular weight excluding hydrogens is 348 g/mol. The van der Waals surface area contributed by atoms with Gasteiger partial charge in [0.05, 0.1) is 4.70 Å². The van der Waals surface area contributed by atoms with Crippen LogP contribution >= 0.6 is 11.3 Å². The number of anilines is 1. The van der Waals surface area contributed by atoms with Crippen LogP contribution in [0.3, 0.4) is 0 Å². The monoisotopic (exact) mass is 357 g/mol. The zero-order valence-corrected chi connectivity index (χ0v) is 13.3. The maximum atomic E-state index is 13.7. The molecule has 0 aliphatic carbocycles. The number of nitrogens with one attached hydrogen (secondary N) is 1. The van der Waals surface area contributed by atoms with E-state index in [0.29, 0.717) is 10.5 Å². The fourth-order valence-corrected chi connectivity index (χ4v) is 3.19. The number of amides is 1. The average Bonchev–Trinajstić information content (AvgIpc) is 3.22. The second kappa shape index (κ2) is 6.06. The number of halogens is 2. The van der Waals surface area contributed by atoms with E-state index in [4.69, 9.17) is 4.52 Å². The lowest BCUT2D eigenvalue weighted by atomic mass is 10.1. The van der Waals surface area contributed by atoms with Gasteiger partial charge in [-0.1, -0.05) is 46.8 Å². The van der Waals surface area contributed by atoms with Crippen molar-refractivity contribution in [3.8, 4) is 11.3 Å². The normalized spacial score (nSPS) is 11.0. The number of nitrogens with zero attached hydrogens (tertiary/aromatic N) is 2. The van der Waals surface area contributed by atoms with Crippen molar-refractivity contribution in [3.05, 3.63) is 65.9 Å². The Labute approximate surface area is 143 Å². The number of hydrogen-bond acceptors (Lipinski definition) is 5. The Bertz CT molecular complexity index is 1080. The van der Waals surface area contributed by atoms with E-state index < -0.39 is 17.5 Å². The van der Waals surface area contributed by atoms with Gasteiger partial charge in [0.25, 0.3) is 5.91 Å². The highest BCUT2D eigenvalue weighted by Crippen LogP contribution is 2.29. The third-order valence-corrected chi connectivity index (χ3v) is 4.35. The average molecular weight is 357 g/mol. The lowest BCUT2D eigenvalue weighted by Gasteiger charge is -1.95. The van der Waals surface area contributed by atoms with Gasteiger partial charge >= 0.3 is 0 Å². The van der Waals surface area contributed by atoms with Crippen molar-refractivity contribution < 1.29 is 18.1 Å². The Kier molecular flexibility index (Phi) is 3.73. The van der Waals surface area contributed by atoms with Gasteiger partial charge in [-0.2, -0.15) is 0 Å². The van der Waals surface area contributed by atoms with Gasteiger partial charge in [0.1, 0.15) is 11.3 Å². The summed E-state index contributed by atoms with van der Waals surface area (Å²) in [4.78, 5) is 16.2. The Morgan fingerprint density at radius 2 is 1.92 bits per heavy atom. The van der Waals surface area contributed by atoms with Gasteiger partial charge in [-0.15, -0.1) is 0 Å². The van der Waals surface area contributed by atoms with E-state index in [2.05, 4.69) is 15.5 Å². The van der Waals surface area contributed by atoms with E-state index in [1.54, 1.807) is 0 Å². The molecule has 0 radical (unpaired) electrons. The fraction of sp³-hybridized carbons (Fsp3) is 0. The summed E-state index contributed by atoms with van der Waals surface area (Å²) in [6, 6.07) is 12.6. The van der Waals surface area contributed by atoms with Crippen LogP contribution in [0.2, 0.25) is 0 Å². The minimum absolute atomic E-state index is 0.00632. The topological polar surface area (TPSA) is 68.0 Å². The Hall–Kier alpha value is -3.13. The molecule has 2 aromatic carbocycles. The van der Waals surface area contributed by atoms with E-state index in [1.165, 1.54) is 6.07 Å². The van der Waals surface area contributed by atoms with Gasteiger partial charge < -0.3 is 4.52 Å². The third-order valence-electron chi connectivity index (χ3n) is 3.43. The second-order valence-electron chi connectivity index (χ2n) is 5.15.